The largest absolute Gasteiger partial charge is 0.468 e. The smallest absolute Gasteiger partial charge is 0.324 e. The average molecular weight is 346 g/mol. The molecule has 6 nitrogen and oxygen atoms in total. The third kappa shape index (κ3) is 3.05. The minimum Gasteiger partial charge on any atom is -0.468 e. The summed E-state index contributed by atoms with van der Waals surface area (Å²) in [6, 6.07) is 0.910. The summed E-state index contributed by atoms with van der Waals surface area (Å²) in [5, 5.41) is 0. The fraction of sp³-hybridized carbons (Fsp3) is 0.643. The minimum atomic E-state index is -3.70. The summed E-state index contributed by atoms with van der Waals surface area (Å²) in [5.41, 5.74) is 0. The van der Waals surface area contributed by atoms with Gasteiger partial charge in [0.15, 0.2) is 0 Å². The molecule has 1 aliphatic rings. The lowest BCUT2D eigenvalue weighted by atomic mass is 10.1. The summed E-state index contributed by atoms with van der Waals surface area (Å²) < 4.78 is 32.0. The molecule has 2 atom stereocenters. The number of hydrogen-bond acceptors (Lipinski definition) is 6. The molecular formula is C14H22N2O4S2. The molecule has 1 aromatic rings. The van der Waals surface area contributed by atoms with Gasteiger partial charge >= 0.3 is 5.97 Å². The summed E-state index contributed by atoms with van der Waals surface area (Å²) in [4.78, 5) is 15.9. The molecule has 2 rings (SSSR count). The monoisotopic (exact) mass is 346 g/mol. The summed E-state index contributed by atoms with van der Waals surface area (Å²) in [6.45, 7) is 3.96. The standard InChI is InChI=1S/C14H22N2O4S2/c1-9-6-13(10(2)21-9)22(18,19)16-8-11(15(3)4)7-12(16)14(17)20-5/h6,11-12H,7-8H2,1-5H3/t11-,12+/m1/s1. The van der Waals surface area contributed by atoms with E-state index in [0.717, 1.165) is 9.75 Å². The first kappa shape index (κ1) is 17.4. The maximum absolute atomic E-state index is 13.0. The highest BCUT2D eigenvalue weighted by Gasteiger charge is 2.45. The van der Waals surface area contributed by atoms with Gasteiger partial charge in [-0.25, -0.2) is 8.42 Å². The lowest BCUT2D eigenvalue weighted by Gasteiger charge is -2.22. The fourth-order valence-corrected chi connectivity index (χ4v) is 5.92. The fourth-order valence-electron chi connectivity index (χ4n) is 2.76. The molecule has 8 heteroatoms. The van der Waals surface area contributed by atoms with Crippen LogP contribution >= 0.6 is 11.3 Å². The summed E-state index contributed by atoms with van der Waals surface area (Å²) in [7, 11) is 1.35. The average Bonchev–Trinajstić information content (AvgIpc) is 3.02. The first-order valence-electron chi connectivity index (χ1n) is 7.01. The Labute approximate surface area is 135 Å². The van der Waals surface area contributed by atoms with Gasteiger partial charge in [0, 0.05) is 22.3 Å². The van der Waals surface area contributed by atoms with Crippen LogP contribution in [0.1, 0.15) is 16.2 Å². The van der Waals surface area contributed by atoms with Crippen molar-refractivity contribution in [1.29, 1.82) is 0 Å². The number of aryl methyl sites for hydroxylation is 2. The second-order valence-electron chi connectivity index (χ2n) is 5.74. The highest BCUT2D eigenvalue weighted by Crippen LogP contribution is 2.33. The van der Waals surface area contributed by atoms with Crippen LogP contribution in [0.3, 0.4) is 0 Å². The van der Waals surface area contributed by atoms with Gasteiger partial charge in [0.05, 0.1) is 12.0 Å². The number of sulfonamides is 1. The second kappa shape index (κ2) is 6.27. The molecule has 1 fully saturated rings. The van der Waals surface area contributed by atoms with Crippen molar-refractivity contribution >= 4 is 27.3 Å². The van der Waals surface area contributed by atoms with E-state index >= 15 is 0 Å². The number of thiophene rings is 1. The highest BCUT2D eigenvalue weighted by atomic mass is 32.2. The predicted molar refractivity (Wildman–Crippen MR) is 85.6 cm³/mol. The molecule has 0 amide bonds. The van der Waals surface area contributed by atoms with Gasteiger partial charge in [-0.2, -0.15) is 4.31 Å². The Bertz CT molecular complexity index is 666. The number of hydrogen-bond donors (Lipinski definition) is 0. The Hall–Kier alpha value is -0.960. The number of carbonyl (C=O) groups excluding carboxylic acids is 1. The Kier molecular flexibility index (Phi) is 4.96. The van der Waals surface area contributed by atoms with Crippen molar-refractivity contribution in [2.75, 3.05) is 27.7 Å². The number of ether oxygens (including phenoxy) is 1. The van der Waals surface area contributed by atoms with Crippen LogP contribution in [-0.2, 0) is 19.6 Å². The van der Waals surface area contributed by atoms with Crippen molar-refractivity contribution in [1.82, 2.24) is 9.21 Å². The molecule has 1 aliphatic heterocycles. The van der Waals surface area contributed by atoms with Crippen LogP contribution in [0.25, 0.3) is 0 Å². The lowest BCUT2D eigenvalue weighted by molar-refractivity contribution is -0.144. The van der Waals surface area contributed by atoms with E-state index in [-0.39, 0.29) is 6.04 Å². The Morgan fingerprint density at radius 2 is 2.05 bits per heavy atom. The molecule has 0 radical (unpaired) electrons. The van der Waals surface area contributed by atoms with Gasteiger partial charge in [0.25, 0.3) is 0 Å². The molecular weight excluding hydrogens is 324 g/mol. The van der Waals surface area contributed by atoms with E-state index in [1.165, 1.54) is 22.8 Å². The van der Waals surface area contributed by atoms with Gasteiger partial charge in [-0.05, 0) is 40.4 Å². The van der Waals surface area contributed by atoms with Crippen molar-refractivity contribution in [3.63, 3.8) is 0 Å². The van der Waals surface area contributed by atoms with Gasteiger partial charge in [-0.15, -0.1) is 11.3 Å². The van der Waals surface area contributed by atoms with E-state index in [0.29, 0.717) is 17.9 Å². The maximum Gasteiger partial charge on any atom is 0.324 e. The van der Waals surface area contributed by atoms with Crippen molar-refractivity contribution < 1.29 is 17.9 Å². The molecule has 22 heavy (non-hydrogen) atoms. The van der Waals surface area contributed by atoms with E-state index < -0.39 is 22.0 Å². The van der Waals surface area contributed by atoms with Crippen molar-refractivity contribution in [2.24, 2.45) is 0 Å². The molecule has 0 aliphatic carbocycles. The van der Waals surface area contributed by atoms with E-state index in [9.17, 15) is 13.2 Å². The molecule has 1 saturated heterocycles. The van der Waals surface area contributed by atoms with Crippen LogP contribution < -0.4 is 0 Å². The molecule has 0 aromatic carbocycles. The number of carbonyl (C=O) groups is 1. The van der Waals surface area contributed by atoms with Crippen LogP contribution in [0.5, 0.6) is 0 Å². The quantitative estimate of drug-likeness (QED) is 0.767. The maximum atomic E-state index is 13.0. The van der Waals surface area contributed by atoms with Crippen LogP contribution in [0.2, 0.25) is 0 Å². The third-order valence-electron chi connectivity index (χ3n) is 4.02. The van der Waals surface area contributed by atoms with Crippen LogP contribution in [0.4, 0.5) is 0 Å². The molecule has 0 unspecified atom stereocenters. The molecule has 0 saturated carbocycles. The third-order valence-corrected chi connectivity index (χ3v) is 7.12. The molecule has 2 heterocycles. The van der Waals surface area contributed by atoms with Gasteiger partial charge in [0.2, 0.25) is 10.0 Å². The van der Waals surface area contributed by atoms with E-state index in [4.69, 9.17) is 4.74 Å². The summed E-state index contributed by atoms with van der Waals surface area (Å²) in [5.74, 6) is -0.502. The summed E-state index contributed by atoms with van der Waals surface area (Å²) in [6.07, 6.45) is 0.446. The van der Waals surface area contributed by atoms with Crippen LogP contribution in [-0.4, -0.2) is 63.4 Å². The van der Waals surface area contributed by atoms with E-state index in [1.807, 2.05) is 25.9 Å². The van der Waals surface area contributed by atoms with Crippen molar-refractivity contribution in [3.8, 4) is 0 Å². The summed E-state index contributed by atoms with van der Waals surface area (Å²) >= 11 is 1.44. The predicted octanol–water partition coefficient (Wildman–Crippen LogP) is 1.23. The van der Waals surface area contributed by atoms with E-state index in [1.54, 1.807) is 13.0 Å². The Balaban J connectivity index is 2.42. The number of rotatable bonds is 4. The Morgan fingerprint density at radius 3 is 2.50 bits per heavy atom. The number of likely N-dealkylation sites (N-methyl/N-ethyl adjacent to an activating group) is 1. The number of methoxy groups -OCH3 is 1. The molecule has 0 spiro atoms. The van der Waals surface area contributed by atoms with E-state index in [2.05, 4.69) is 0 Å². The molecule has 0 bridgehead atoms. The number of esters is 1. The minimum absolute atomic E-state index is 0.00101. The van der Waals surface area contributed by atoms with Crippen molar-refractivity contribution in [3.05, 3.63) is 15.8 Å². The van der Waals surface area contributed by atoms with Crippen LogP contribution in [0, 0.1) is 13.8 Å². The molecule has 124 valence electrons. The normalized spacial score (nSPS) is 23.2. The molecule has 0 N–H and O–H groups in total. The molecule has 1 aromatic heterocycles. The number of nitrogens with zero attached hydrogens (tertiary/aromatic N) is 2. The first-order valence-corrected chi connectivity index (χ1v) is 9.27. The topological polar surface area (TPSA) is 66.9 Å². The second-order valence-corrected chi connectivity index (χ2v) is 9.06. The lowest BCUT2D eigenvalue weighted by Crippen LogP contribution is -2.41. The van der Waals surface area contributed by atoms with Gasteiger partial charge in [-0.3, -0.25) is 4.79 Å². The zero-order valence-electron chi connectivity index (χ0n) is 13.5. The van der Waals surface area contributed by atoms with Gasteiger partial charge in [-0.1, -0.05) is 0 Å². The first-order chi connectivity index (χ1) is 10.2. The Morgan fingerprint density at radius 1 is 1.41 bits per heavy atom. The zero-order chi connectivity index (χ0) is 16.7. The zero-order valence-corrected chi connectivity index (χ0v) is 15.1. The van der Waals surface area contributed by atoms with Gasteiger partial charge in [0.1, 0.15) is 6.04 Å². The van der Waals surface area contributed by atoms with Crippen molar-refractivity contribution in [2.45, 2.75) is 37.2 Å². The SMILES string of the molecule is COC(=O)[C@@H]1C[C@@H](N(C)C)CN1S(=O)(=O)c1cc(C)sc1C. The van der Waals surface area contributed by atoms with Gasteiger partial charge < -0.3 is 9.64 Å². The highest BCUT2D eigenvalue weighted by molar-refractivity contribution is 7.89. The van der Waals surface area contributed by atoms with Crippen LogP contribution in [0.15, 0.2) is 11.0 Å².